The number of aliphatic hydroxyl groups is 2. The summed E-state index contributed by atoms with van der Waals surface area (Å²) < 4.78 is 0. The first-order valence-electron chi connectivity index (χ1n) is 13.0. The van der Waals surface area contributed by atoms with Crippen LogP contribution in [-0.2, 0) is 20.8 Å². The van der Waals surface area contributed by atoms with Crippen molar-refractivity contribution in [3.05, 3.63) is 29.8 Å². The molecule has 0 radical (unpaired) electrons. The molecule has 0 bridgehead atoms. The number of hydrogen-bond donors (Lipinski definition) is 7. The quantitative estimate of drug-likeness (QED) is 0.0925. The molecule has 1 fully saturated rings. The number of carbonyl (C=O) groups is 3. The molecule has 4 unspecified atom stereocenters. The van der Waals surface area contributed by atoms with Gasteiger partial charge < -0.3 is 42.3 Å². The zero-order valence-corrected chi connectivity index (χ0v) is 22.2. The number of guanidine groups is 1. The van der Waals surface area contributed by atoms with Gasteiger partial charge in [0, 0.05) is 19.5 Å². The zero-order chi connectivity index (χ0) is 28.2. The minimum atomic E-state index is -1.39. The molecule has 212 valence electrons. The van der Waals surface area contributed by atoms with Gasteiger partial charge in [-0.25, -0.2) is 0 Å². The van der Waals surface area contributed by atoms with Crippen molar-refractivity contribution in [2.75, 3.05) is 19.7 Å². The van der Waals surface area contributed by atoms with Crippen LogP contribution in [0.3, 0.4) is 0 Å². The predicted octanol–water partition coefficient (Wildman–Crippen LogP) is -0.652. The van der Waals surface area contributed by atoms with Crippen LogP contribution in [0.2, 0.25) is 0 Å². The number of rotatable bonds is 14. The smallest absolute Gasteiger partial charge is 0.249 e. The van der Waals surface area contributed by atoms with Crippen molar-refractivity contribution < 1.29 is 29.7 Å². The van der Waals surface area contributed by atoms with E-state index < -0.39 is 30.1 Å². The van der Waals surface area contributed by atoms with E-state index in [-0.39, 0.29) is 42.5 Å². The minimum Gasteiger partial charge on any atom is -0.508 e. The maximum absolute atomic E-state index is 13.5. The second-order valence-electron chi connectivity index (χ2n) is 10.1. The third-order valence-corrected chi connectivity index (χ3v) is 6.40. The second-order valence-corrected chi connectivity index (χ2v) is 10.1. The fourth-order valence-electron chi connectivity index (χ4n) is 4.46. The average Bonchev–Trinajstić information content (AvgIpc) is 3.36. The molecule has 1 saturated heterocycles. The number of carbonyl (C=O) groups excluding carboxylic acids is 3. The number of likely N-dealkylation sites (tertiary alicyclic amines) is 1. The van der Waals surface area contributed by atoms with E-state index in [0.29, 0.717) is 50.8 Å². The third kappa shape index (κ3) is 9.82. The number of nitrogens with two attached hydrogens (primary N) is 2. The van der Waals surface area contributed by atoms with Gasteiger partial charge in [-0.2, -0.15) is 0 Å². The van der Waals surface area contributed by atoms with Crippen LogP contribution in [0.4, 0.5) is 0 Å². The lowest BCUT2D eigenvalue weighted by atomic mass is 10.0. The molecule has 0 spiro atoms. The fraction of sp³-hybridized carbons (Fsp3) is 0.615. The van der Waals surface area contributed by atoms with Crippen LogP contribution in [0, 0.1) is 5.92 Å². The lowest BCUT2D eigenvalue weighted by molar-refractivity contribution is -0.143. The highest BCUT2D eigenvalue weighted by molar-refractivity contribution is 5.93. The van der Waals surface area contributed by atoms with E-state index in [0.717, 1.165) is 0 Å². The Bertz CT molecular complexity index is 950. The molecule has 0 aromatic heterocycles. The number of benzene rings is 1. The van der Waals surface area contributed by atoms with Gasteiger partial charge in [-0.15, -0.1) is 0 Å². The molecule has 4 atom stereocenters. The van der Waals surface area contributed by atoms with Gasteiger partial charge >= 0.3 is 0 Å². The largest absolute Gasteiger partial charge is 0.508 e. The lowest BCUT2D eigenvalue weighted by Gasteiger charge is -2.30. The summed E-state index contributed by atoms with van der Waals surface area (Å²) in [6, 6.07) is 4.02. The maximum atomic E-state index is 13.5. The molecular weight excluding hydrogens is 492 g/mol. The predicted molar refractivity (Wildman–Crippen MR) is 143 cm³/mol. The standard InChI is InChI=1S/C26H42N6O6/c1-16(2)13-20(31-24(37)22(35)14-17-7-9-19(34)10-8-17)25(38)32-12-4-6-21(32)23(36)30-18(15-33)5-3-11-29-26(27)28/h7-10,16,18,20-22,33-35H,3-6,11-15H2,1-2H3,(H,30,36)(H,31,37)(H4,27,28,29). The Morgan fingerprint density at radius 1 is 1.16 bits per heavy atom. The molecule has 38 heavy (non-hydrogen) atoms. The van der Waals surface area contributed by atoms with Crippen LogP contribution < -0.4 is 22.1 Å². The highest BCUT2D eigenvalue weighted by Gasteiger charge is 2.38. The highest BCUT2D eigenvalue weighted by atomic mass is 16.3. The molecule has 1 aliphatic rings. The van der Waals surface area contributed by atoms with Crippen LogP contribution >= 0.6 is 0 Å². The molecule has 9 N–H and O–H groups in total. The lowest BCUT2D eigenvalue weighted by Crippen LogP contribution is -2.56. The number of phenolic OH excluding ortho intramolecular Hbond substituents is 1. The first-order valence-corrected chi connectivity index (χ1v) is 13.0. The van der Waals surface area contributed by atoms with E-state index in [1.807, 2.05) is 13.8 Å². The molecule has 1 aliphatic heterocycles. The molecule has 12 nitrogen and oxygen atoms in total. The monoisotopic (exact) mass is 534 g/mol. The molecule has 1 aromatic rings. The molecule has 12 heteroatoms. The topological polar surface area (TPSA) is 204 Å². The Kier molecular flexibility index (Phi) is 12.3. The molecular formula is C26H42N6O6. The Hall–Kier alpha value is -3.38. The Labute approximate surface area is 223 Å². The number of hydrogen-bond acceptors (Lipinski definition) is 7. The average molecular weight is 535 g/mol. The Balaban J connectivity index is 2.02. The highest BCUT2D eigenvalue weighted by Crippen LogP contribution is 2.21. The summed E-state index contributed by atoms with van der Waals surface area (Å²) in [5, 5.41) is 35.1. The van der Waals surface area contributed by atoms with Gasteiger partial charge in [0.2, 0.25) is 17.7 Å². The number of phenols is 1. The molecule has 1 heterocycles. The van der Waals surface area contributed by atoms with Gasteiger partial charge in [0.25, 0.3) is 0 Å². The summed E-state index contributed by atoms with van der Waals surface area (Å²) in [6.45, 7) is 4.31. The SMILES string of the molecule is CC(C)CC(NC(=O)C(O)Cc1ccc(O)cc1)C(=O)N1CCCC1C(=O)NC(CO)CCCN=C(N)N. The van der Waals surface area contributed by atoms with E-state index in [1.165, 1.54) is 17.0 Å². The van der Waals surface area contributed by atoms with Crippen molar-refractivity contribution in [2.24, 2.45) is 22.4 Å². The molecule has 0 saturated carbocycles. The molecule has 3 amide bonds. The summed E-state index contributed by atoms with van der Waals surface area (Å²) in [5.74, 6) is -1.30. The van der Waals surface area contributed by atoms with Gasteiger partial charge in [0.05, 0.1) is 12.6 Å². The van der Waals surface area contributed by atoms with Crippen LogP contribution in [0.5, 0.6) is 5.75 Å². The van der Waals surface area contributed by atoms with Crippen molar-refractivity contribution in [3.63, 3.8) is 0 Å². The number of aliphatic imine (C=N–C) groups is 1. The zero-order valence-electron chi connectivity index (χ0n) is 22.2. The van der Waals surface area contributed by atoms with Crippen LogP contribution in [0.15, 0.2) is 29.3 Å². The summed E-state index contributed by atoms with van der Waals surface area (Å²) in [5.41, 5.74) is 11.3. The van der Waals surface area contributed by atoms with Crippen molar-refractivity contribution in [2.45, 2.75) is 76.6 Å². The van der Waals surface area contributed by atoms with E-state index in [4.69, 9.17) is 11.5 Å². The Morgan fingerprint density at radius 3 is 2.45 bits per heavy atom. The molecule has 2 rings (SSSR count). The number of aliphatic hydroxyl groups excluding tert-OH is 2. The molecule has 1 aromatic carbocycles. The third-order valence-electron chi connectivity index (χ3n) is 6.40. The van der Waals surface area contributed by atoms with Gasteiger partial charge in [-0.3, -0.25) is 19.4 Å². The number of amides is 3. The normalized spacial score (nSPS) is 17.5. The van der Waals surface area contributed by atoms with E-state index >= 15 is 0 Å². The number of aromatic hydroxyl groups is 1. The first-order chi connectivity index (χ1) is 18.0. The summed E-state index contributed by atoms with van der Waals surface area (Å²) in [6.07, 6.45) is 1.10. The second kappa shape index (κ2) is 15.1. The van der Waals surface area contributed by atoms with Gasteiger partial charge in [-0.1, -0.05) is 26.0 Å². The van der Waals surface area contributed by atoms with Crippen molar-refractivity contribution in [1.82, 2.24) is 15.5 Å². The van der Waals surface area contributed by atoms with E-state index in [2.05, 4.69) is 15.6 Å². The van der Waals surface area contributed by atoms with Crippen molar-refractivity contribution >= 4 is 23.7 Å². The van der Waals surface area contributed by atoms with Gasteiger partial charge in [0.1, 0.15) is 23.9 Å². The molecule has 0 aliphatic carbocycles. The van der Waals surface area contributed by atoms with Crippen LogP contribution in [-0.4, -0.2) is 87.8 Å². The minimum absolute atomic E-state index is 0.0226. The first kappa shape index (κ1) is 30.8. The summed E-state index contributed by atoms with van der Waals surface area (Å²) in [4.78, 5) is 44.7. The van der Waals surface area contributed by atoms with E-state index in [9.17, 15) is 29.7 Å². The van der Waals surface area contributed by atoms with Gasteiger partial charge in [0.15, 0.2) is 5.96 Å². The number of nitrogens with zero attached hydrogens (tertiary/aromatic N) is 2. The summed E-state index contributed by atoms with van der Waals surface area (Å²) >= 11 is 0. The Morgan fingerprint density at radius 2 is 1.84 bits per heavy atom. The maximum Gasteiger partial charge on any atom is 0.249 e. The van der Waals surface area contributed by atoms with Crippen LogP contribution in [0.25, 0.3) is 0 Å². The summed E-state index contributed by atoms with van der Waals surface area (Å²) in [7, 11) is 0. The van der Waals surface area contributed by atoms with Crippen molar-refractivity contribution in [3.8, 4) is 5.75 Å². The van der Waals surface area contributed by atoms with Gasteiger partial charge in [-0.05, 0) is 55.7 Å². The number of nitrogens with one attached hydrogen (secondary N) is 2. The van der Waals surface area contributed by atoms with E-state index in [1.54, 1.807) is 12.1 Å². The van der Waals surface area contributed by atoms with Crippen molar-refractivity contribution in [1.29, 1.82) is 0 Å². The van der Waals surface area contributed by atoms with Crippen LogP contribution in [0.1, 0.15) is 51.5 Å². The fourth-order valence-corrected chi connectivity index (χ4v) is 4.46.